The number of benzene rings is 3. The van der Waals surface area contributed by atoms with E-state index in [2.05, 4.69) is 81.0 Å². The standard InChI is InChI=1S/C27H22NO2/c1-15-9-10-20-25-23(12-11-19-18-7-5-6-8-22(18)29-26(19)25)30-27(20)24(15)21-13-16(2)17(3)14-28(21)4/h5-14H,1-4H3/q+1. The first-order chi connectivity index (χ1) is 14.5. The Morgan fingerprint density at radius 1 is 0.667 bits per heavy atom. The van der Waals surface area contributed by atoms with Crippen molar-refractivity contribution in [2.24, 2.45) is 7.05 Å². The van der Waals surface area contributed by atoms with Crippen LogP contribution in [0.1, 0.15) is 16.7 Å². The second-order valence-corrected chi connectivity index (χ2v) is 8.29. The average molecular weight is 392 g/mol. The van der Waals surface area contributed by atoms with Crippen LogP contribution in [-0.2, 0) is 7.05 Å². The van der Waals surface area contributed by atoms with Gasteiger partial charge in [0.2, 0.25) is 5.69 Å². The van der Waals surface area contributed by atoms with E-state index in [1.165, 1.54) is 16.7 Å². The van der Waals surface area contributed by atoms with E-state index in [0.29, 0.717) is 0 Å². The molecule has 0 fully saturated rings. The number of nitrogens with zero attached hydrogens (tertiary/aromatic N) is 1. The van der Waals surface area contributed by atoms with Crippen LogP contribution in [-0.4, -0.2) is 0 Å². The lowest BCUT2D eigenvalue weighted by molar-refractivity contribution is -0.660. The summed E-state index contributed by atoms with van der Waals surface area (Å²) in [4.78, 5) is 0. The van der Waals surface area contributed by atoms with E-state index < -0.39 is 0 Å². The summed E-state index contributed by atoms with van der Waals surface area (Å²) in [5.74, 6) is 0. The van der Waals surface area contributed by atoms with Gasteiger partial charge in [-0.15, -0.1) is 0 Å². The van der Waals surface area contributed by atoms with Crippen LogP contribution >= 0.6 is 0 Å². The largest absolute Gasteiger partial charge is 0.455 e. The van der Waals surface area contributed by atoms with E-state index in [-0.39, 0.29) is 0 Å². The van der Waals surface area contributed by atoms with E-state index in [1.54, 1.807) is 0 Å². The number of aromatic nitrogens is 1. The number of para-hydroxylation sites is 1. The summed E-state index contributed by atoms with van der Waals surface area (Å²) >= 11 is 0. The number of fused-ring (bicyclic) bond motifs is 7. The summed E-state index contributed by atoms with van der Waals surface area (Å²) < 4.78 is 15.0. The van der Waals surface area contributed by atoms with Crippen molar-refractivity contribution in [1.29, 1.82) is 0 Å². The fourth-order valence-corrected chi connectivity index (χ4v) is 4.65. The molecular weight excluding hydrogens is 370 g/mol. The Labute approximate surface area is 174 Å². The van der Waals surface area contributed by atoms with Crippen LogP contribution in [0.2, 0.25) is 0 Å². The zero-order valence-corrected chi connectivity index (χ0v) is 17.5. The molecule has 0 aliphatic rings. The first kappa shape index (κ1) is 17.3. The van der Waals surface area contributed by atoms with Gasteiger partial charge in [-0.25, -0.2) is 4.57 Å². The summed E-state index contributed by atoms with van der Waals surface area (Å²) in [6, 6.07) is 19.0. The maximum Gasteiger partial charge on any atom is 0.216 e. The number of furan rings is 2. The molecule has 30 heavy (non-hydrogen) atoms. The van der Waals surface area contributed by atoms with Crippen molar-refractivity contribution in [1.82, 2.24) is 0 Å². The van der Waals surface area contributed by atoms with E-state index in [0.717, 1.165) is 55.1 Å². The van der Waals surface area contributed by atoms with Crippen LogP contribution in [0, 0.1) is 20.8 Å². The van der Waals surface area contributed by atoms with Crippen LogP contribution in [0.4, 0.5) is 0 Å². The minimum atomic E-state index is 0.856. The lowest BCUT2D eigenvalue weighted by atomic mass is 9.98. The molecule has 0 N–H and O–H groups in total. The highest BCUT2D eigenvalue weighted by molar-refractivity contribution is 6.23. The SMILES string of the molecule is Cc1cc(-c2c(C)ccc3c2oc2ccc4c5ccccc5oc4c23)[n+](C)cc1C. The lowest BCUT2D eigenvalue weighted by Crippen LogP contribution is -2.31. The molecule has 3 aromatic carbocycles. The molecule has 0 atom stereocenters. The van der Waals surface area contributed by atoms with Gasteiger partial charge in [0.25, 0.3) is 0 Å². The molecule has 0 unspecified atom stereocenters. The Kier molecular flexibility index (Phi) is 3.43. The summed E-state index contributed by atoms with van der Waals surface area (Å²) in [6.45, 7) is 6.45. The Morgan fingerprint density at radius 2 is 1.43 bits per heavy atom. The van der Waals surface area contributed by atoms with Gasteiger partial charge >= 0.3 is 0 Å². The van der Waals surface area contributed by atoms with Crippen molar-refractivity contribution >= 4 is 43.9 Å². The molecule has 0 saturated carbocycles. The van der Waals surface area contributed by atoms with Gasteiger partial charge in [-0.3, -0.25) is 0 Å². The molecule has 0 radical (unpaired) electrons. The third kappa shape index (κ3) is 2.23. The van der Waals surface area contributed by atoms with Gasteiger partial charge in [-0.1, -0.05) is 30.3 Å². The van der Waals surface area contributed by atoms with Crippen LogP contribution in [0.3, 0.4) is 0 Å². The van der Waals surface area contributed by atoms with Gasteiger partial charge < -0.3 is 8.83 Å². The topological polar surface area (TPSA) is 30.2 Å². The fraction of sp³-hybridized carbons (Fsp3) is 0.148. The number of pyridine rings is 1. The molecule has 3 heteroatoms. The van der Waals surface area contributed by atoms with Gasteiger partial charge in [0.1, 0.15) is 29.4 Å². The number of hydrogen-bond acceptors (Lipinski definition) is 2. The second kappa shape index (κ2) is 5.96. The van der Waals surface area contributed by atoms with Gasteiger partial charge in [0.15, 0.2) is 6.20 Å². The Morgan fingerprint density at radius 3 is 2.30 bits per heavy atom. The molecule has 146 valence electrons. The second-order valence-electron chi connectivity index (χ2n) is 8.29. The molecule has 6 rings (SSSR count). The first-order valence-electron chi connectivity index (χ1n) is 10.3. The van der Waals surface area contributed by atoms with Crippen molar-refractivity contribution in [3.8, 4) is 11.3 Å². The van der Waals surface area contributed by atoms with E-state index >= 15 is 0 Å². The zero-order chi connectivity index (χ0) is 20.6. The zero-order valence-electron chi connectivity index (χ0n) is 17.5. The van der Waals surface area contributed by atoms with Crippen molar-refractivity contribution in [3.63, 3.8) is 0 Å². The van der Waals surface area contributed by atoms with Gasteiger partial charge in [-0.05, 0) is 50.1 Å². The highest BCUT2D eigenvalue weighted by Gasteiger charge is 2.23. The number of hydrogen-bond donors (Lipinski definition) is 0. The summed E-state index contributed by atoms with van der Waals surface area (Å²) in [6.07, 6.45) is 2.18. The molecule has 0 saturated heterocycles. The Hall–Kier alpha value is -3.59. The Balaban J connectivity index is 1.78. The predicted octanol–water partition coefficient (Wildman–Crippen LogP) is 6.90. The summed E-state index contributed by atoms with van der Waals surface area (Å²) in [7, 11) is 2.10. The predicted molar refractivity (Wildman–Crippen MR) is 122 cm³/mol. The molecule has 0 aliphatic carbocycles. The molecule has 6 aromatic rings. The van der Waals surface area contributed by atoms with Gasteiger partial charge in [0.05, 0.1) is 10.9 Å². The van der Waals surface area contributed by atoms with Crippen LogP contribution in [0.25, 0.3) is 55.1 Å². The maximum atomic E-state index is 6.47. The normalized spacial score (nSPS) is 12.0. The molecule has 0 bridgehead atoms. The highest BCUT2D eigenvalue weighted by Crippen LogP contribution is 2.42. The average Bonchev–Trinajstić information content (AvgIpc) is 3.29. The third-order valence-corrected chi connectivity index (χ3v) is 6.35. The monoisotopic (exact) mass is 392 g/mol. The fourth-order valence-electron chi connectivity index (χ4n) is 4.65. The molecule has 0 spiro atoms. The Bertz CT molecular complexity index is 1630. The first-order valence-corrected chi connectivity index (χ1v) is 10.3. The van der Waals surface area contributed by atoms with Gasteiger partial charge in [0, 0.05) is 27.8 Å². The molecule has 3 heterocycles. The minimum Gasteiger partial charge on any atom is -0.455 e. The molecular formula is C27H22NO2+. The van der Waals surface area contributed by atoms with E-state index in [9.17, 15) is 0 Å². The van der Waals surface area contributed by atoms with Crippen molar-refractivity contribution < 1.29 is 13.4 Å². The molecule has 0 aliphatic heterocycles. The van der Waals surface area contributed by atoms with Crippen LogP contribution < -0.4 is 4.57 Å². The number of rotatable bonds is 1. The third-order valence-electron chi connectivity index (χ3n) is 6.35. The van der Waals surface area contributed by atoms with E-state index in [4.69, 9.17) is 8.83 Å². The molecule has 3 aromatic heterocycles. The van der Waals surface area contributed by atoms with Crippen molar-refractivity contribution in [2.75, 3.05) is 0 Å². The summed E-state index contributed by atoms with van der Waals surface area (Å²) in [5.41, 5.74) is 9.61. The number of aryl methyl sites for hydroxylation is 4. The van der Waals surface area contributed by atoms with Gasteiger partial charge in [-0.2, -0.15) is 0 Å². The molecule has 0 amide bonds. The van der Waals surface area contributed by atoms with Crippen molar-refractivity contribution in [2.45, 2.75) is 20.8 Å². The minimum absolute atomic E-state index is 0.856. The van der Waals surface area contributed by atoms with E-state index in [1.807, 2.05) is 12.1 Å². The maximum absolute atomic E-state index is 6.47. The lowest BCUT2D eigenvalue weighted by Gasteiger charge is -2.07. The summed E-state index contributed by atoms with van der Waals surface area (Å²) in [5, 5.41) is 4.40. The molecule has 3 nitrogen and oxygen atoms in total. The van der Waals surface area contributed by atoms with Crippen molar-refractivity contribution in [3.05, 3.63) is 77.5 Å². The quantitative estimate of drug-likeness (QED) is 0.285. The van der Waals surface area contributed by atoms with Crippen LogP contribution in [0.5, 0.6) is 0 Å². The van der Waals surface area contributed by atoms with Crippen LogP contribution in [0.15, 0.2) is 69.6 Å². The highest BCUT2D eigenvalue weighted by atomic mass is 16.3. The smallest absolute Gasteiger partial charge is 0.216 e.